The Bertz CT molecular complexity index is 1080. The Morgan fingerprint density at radius 1 is 1.06 bits per heavy atom. The fourth-order valence-electron chi connectivity index (χ4n) is 2.80. The second-order valence-electron chi connectivity index (χ2n) is 6.27. The van der Waals surface area contributed by atoms with Crippen LogP contribution in [0.2, 0.25) is 0 Å². The van der Waals surface area contributed by atoms with Crippen molar-refractivity contribution in [3.8, 4) is 11.5 Å². The molecule has 0 saturated carbocycles. The number of benzene rings is 2. The summed E-state index contributed by atoms with van der Waals surface area (Å²) in [5, 5.41) is 9.80. The molecule has 0 radical (unpaired) electrons. The number of aliphatic carboxylic acids is 1. The molecule has 0 spiro atoms. The number of nitrogens with one attached hydrogen (secondary N) is 1. The maximum absolute atomic E-state index is 12.8. The van der Waals surface area contributed by atoms with Crippen molar-refractivity contribution in [3.63, 3.8) is 0 Å². The van der Waals surface area contributed by atoms with Gasteiger partial charge >= 0.3 is 11.9 Å². The Morgan fingerprint density at radius 3 is 2.39 bits per heavy atom. The van der Waals surface area contributed by atoms with Gasteiger partial charge in [0.05, 0.1) is 25.5 Å². The molecule has 0 aromatic heterocycles. The topological polar surface area (TPSA) is 131 Å². The lowest BCUT2D eigenvalue weighted by atomic mass is 10.1. The smallest absolute Gasteiger partial charge is 0.341 e. The van der Waals surface area contributed by atoms with Gasteiger partial charge in [-0.1, -0.05) is 6.07 Å². The molecule has 0 aliphatic carbocycles. The predicted octanol–water partition coefficient (Wildman–Crippen LogP) is 1.41. The summed E-state index contributed by atoms with van der Waals surface area (Å²) in [6.45, 7) is -0.540. The van der Waals surface area contributed by atoms with Gasteiger partial charge < -0.3 is 19.3 Å². The van der Waals surface area contributed by atoms with Crippen molar-refractivity contribution < 1.29 is 38.5 Å². The Balaban J connectivity index is 1.83. The van der Waals surface area contributed by atoms with Gasteiger partial charge in [-0.25, -0.2) is 14.6 Å². The molecular formula is C21H18N2O8. The van der Waals surface area contributed by atoms with Crippen molar-refractivity contribution >= 4 is 35.5 Å². The van der Waals surface area contributed by atoms with E-state index in [0.29, 0.717) is 16.8 Å². The zero-order valence-electron chi connectivity index (χ0n) is 16.6. The highest BCUT2D eigenvalue weighted by Crippen LogP contribution is 2.30. The highest BCUT2D eigenvalue weighted by Gasteiger charge is 2.34. The summed E-state index contributed by atoms with van der Waals surface area (Å²) in [6, 6.07) is 10.5. The summed E-state index contributed by atoms with van der Waals surface area (Å²) in [5.41, 5.74) is 3.49. The fraction of sp³-hybridized carbons (Fsp3) is 0.143. The van der Waals surface area contributed by atoms with Crippen LogP contribution in [0.3, 0.4) is 0 Å². The minimum atomic E-state index is -1.14. The summed E-state index contributed by atoms with van der Waals surface area (Å²) in [5.74, 6) is -2.39. The highest BCUT2D eigenvalue weighted by molar-refractivity contribution is 6.31. The van der Waals surface area contributed by atoms with Crippen molar-refractivity contribution in [3.05, 3.63) is 59.2 Å². The average molecular weight is 426 g/mol. The maximum atomic E-state index is 12.8. The van der Waals surface area contributed by atoms with Crippen LogP contribution >= 0.6 is 0 Å². The zero-order chi connectivity index (χ0) is 22.5. The summed E-state index contributed by atoms with van der Waals surface area (Å²) in [6.07, 6.45) is 1.38. The number of carboxylic acid groups (broad SMARTS) is 1. The number of hydrazine groups is 1. The number of anilines is 1. The molecule has 1 aliphatic rings. The first-order chi connectivity index (χ1) is 14.8. The van der Waals surface area contributed by atoms with Crippen molar-refractivity contribution in [1.82, 2.24) is 5.43 Å². The van der Waals surface area contributed by atoms with Gasteiger partial charge in [0.2, 0.25) is 0 Å². The third-order valence-corrected chi connectivity index (χ3v) is 4.29. The van der Waals surface area contributed by atoms with E-state index in [4.69, 9.17) is 14.6 Å². The van der Waals surface area contributed by atoms with Crippen LogP contribution in [0.1, 0.15) is 15.9 Å². The monoisotopic (exact) mass is 426 g/mol. The van der Waals surface area contributed by atoms with Gasteiger partial charge in [0.1, 0.15) is 5.57 Å². The van der Waals surface area contributed by atoms with E-state index < -0.39 is 30.4 Å². The Morgan fingerprint density at radius 2 is 1.77 bits per heavy atom. The maximum Gasteiger partial charge on any atom is 0.341 e. The molecule has 1 aliphatic heterocycles. The molecule has 2 N–H and O–H groups in total. The molecular weight excluding hydrogens is 408 g/mol. The minimum Gasteiger partial charge on any atom is -0.493 e. The summed E-state index contributed by atoms with van der Waals surface area (Å²) in [7, 11) is 2.64. The molecule has 1 heterocycles. The van der Waals surface area contributed by atoms with Crippen LogP contribution in [0.25, 0.3) is 6.08 Å². The third kappa shape index (κ3) is 4.64. The third-order valence-electron chi connectivity index (χ3n) is 4.29. The number of methoxy groups -OCH3 is 2. The second kappa shape index (κ2) is 8.99. The molecule has 3 rings (SSSR count). The molecule has 1 fully saturated rings. The average Bonchev–Trinajstić information content (AvgIpc) is 3.05. The fourth-order valence-corrected chi connectivity index (χ4v) is 2.80. The van der Waals surface area contributed by atoms with E-state index >= 15 is 0 Å². The molecule has 2 amide bonds. The standard InChI is InChI=1S/C21H18N2O8/c1-29-17-10-12(3-8-16(17)31-11-18(24)25)9-15-19(26)22-23(20(15)27)14-6-4-13(5-7-14)21(28)30-2/h3-10H,11H2,1-2H3,(H,22,26)(H,24,25)/b15-9-. The van der Waals surface area contributed by atoms with Crippen molar-refractivity contribution in [1.29, 1.82) is 0 Å². The van der Waals surface area contributed by atoms with E-state index in [2.05, 4.69) is 10.2 Å². The number of rotatable bonds is 7. The van der Waals surface area contributed by atoms with Gasteiger partial charge in [-0.3, -0.25) is 15.0 Å². The van der Waals surface area contributed by atoms with Crippen molar-refractivity contribution in [2.24, 2.45) is 0 Å². The Kier molecular flexibility index (Phi) is 6.20. The Hall–Kier alpha value is -4.34. The normalized spacial score (nSPS) is 14.4. The molecule has 2 aromatic rings. The van der Waals surface area contributed by atoms with E-state index in [1.54, 1.807) is 6.07 Å². The molecule has 10 heteroatoms. The number of nitrogens with zero attached hydrogens (tertiary/aromatic N) is 1. The van der Waals surface area contributed by atoms with Gasteiger partial charge in [-0.15, -0.1) is 0 Å². The predicted molar refractivity (Wildman–Crippen MR) is 108 cm³/mol. The van der Waals surface area contributed by atoms with E-state index in [9.17, 15) is 19.2 Å². The van der Waals surface area contributed by atoms with Crippen LogP contribution < -0.4 is 19.9 Å². The number of ether oxygens (including phenoxy) is 3. The summed E-state index contributed by atoms with van der Waals surface area (Å²) >= 11 is 0. The SMILES string of the molecule is COC(=O)c1ccc(N2NC(=O)/C(=C/c3ccc(OCC(=O)O)c(OC)c3)C2=O)cc1. The molecule has 0 bridgehead atoms. The van der Waals surface area contributed by atoms with Crippen molar-refractivity contribution in [2.75, 3.05) is 25.8 Å². The lowest BCUT2D eigenvalue weighted by molar-refractivity contribution is -0.139. The summed E-state index contributed by atoms with van der Waals surface area (Å²) < 4.78 is 15.0. The van der Waals surface area contributed by atoms with Crippen LogP contribution in [0.5, 0.6) is 11.5 Å². The lowest BCUT2D eigenvalue weighted by Crippen LogP contribution is -2.35. The van der Waals surface area contributed by atoms with E-state index in [1.807, 2.05) is 0 Å². The van der Waals surface area contributed by atoms with Crippen LogP contribution in [0.15, 0.2) is 48.0 Å². The lowest BCUT2D eigenvalue weighted by Gasteiger charge is -2.14. The molecule has 10 nitrogen and oxygen atoms in total. The molecule has 1 saturated heterocycles. The molecule has 0 atom stereocenters. The van der Waals surface area contributed by atoms with Gasteiger partial charge in [-0.05, 0) is 48.0 Å². The number of carboxylic acids is 1. The number of carbonyl (C=O) groups is 4. The van der Waals surface area contributed by atoms with Crippen LogP contribution in [-0.4, -0.2) is 49.7 Å². The molecule has 2 aromatic carbocycles. The molecule has 31 heavy (non-hydrogen) atoms. The largest absolute Gasteiger partial charge is 0.493 e. The first-order valence-electron chi connectivity index (χ1n) is 8.92. The van der Waals surface area contributed by atoms with E-state index in [-0.39, 0.29) is 17.1 Å². The Labute approximate surface area is 176 Å². The summed E-state index contributed by atoms with van der Waals surface area (Å²) in [4.78, 5) is 47.3. The van der Waals surface area contributed by atoms with Gasteiger partial charge in [-0.2, -0.15) is 0 Å². The van der Waals surface area contributed by atoms with E-state index in [0.717, 1.165) is 5.01 Å². The van der Waals surface area contributed by atoms with Crippen LogP contribution in [0.4, 0.5) is 5.69 Å². The van der Waals surface area contributed by atoms with Gasteiger partial charge in [0, 0.05) is 0 Å². The zero-order valence-corrected chi connectivity index (χ0v) is 16.6. The highest BCUT2D eigenvalue weighted by atomic mass is 16.5. The first kappa shape index (κ1) is 21.4. The number of amides is 2. The first-order valence-corrected chi connectivity index (χ1v) is 8.92. The second-order valence-corrected chi connectivity index (χ2v) is 6.27. The van der Waals surface area contributed by atoms with Crippen LogP contribution in [-0.2, 0) is 19.1 Å². The molecule has 0 unspecified atom stereocenters. The van der Waals surface area contributed by atoms with Gasteiger partial charge in [0.15, 0.2) is 18.1 Å². The number of esters is 1. The number of hydrogen-bond donors (Lipinski definition) is 2. The van der Waals surface area contributed by atoms with E-state index in [1.165, 1.54) is 56.7 Å². The number of hydrogen-bond acceptors (Lipinski definition) is 7. The number of carbonyl (C=O) groups excluding carboxylic acids is 3. The quantitative estimate of drug-likeness (QED) is 0.386. The van der Waals surface area contributed by atoms with Gasteiger partial charge in [0.25, 0.3) is 11.8 Å². The van der Waals surface area contributed by atoms with Crippen molar-refractivity contribution in [2.45, 2.75) is 0 Å². The van der Waals surface area contributed by atoms with Crippen LogP contribution in [0, 0.1) is 0 Å². The minimum absolute atomic E-state index is 0.113. The molecule has 160 valence electrons.